The Bertz CT molecular complexity index is 1260. The van der Waals surface area contributed by atoms with Crippen molar-refractivity contribution >= 4 is 22.3 Å². The first-order valence-electron chi connectivity index (χ1n) is 9.11. The standard InChI is InChI=1S/C21H17N5O4/c27-21-16-9-19(26(28)29)18(10-17(16)24-13-25-21)23-11-15-6-7-22-20(8-15)30-12-14-4-2-1-3-5-14/h1-10,13,23H,11-12H2,(H,24,25,27). The molecule has 2 aromatic heterocycles. The Balaban J connectivity index is 1.52. The van der Waals surface area contributed by atoms with Crippen LogP contribution in [0.4, 0.5) is 11.4 Å². The van der Waals surface area contributed by atoms with Gasteiger partial charge in [-0.15, -0.1) is 0 Å². The molecule has 0 unspecified atom stereocenters. The number of ether oxygens (including phenoxy) is 1. The lowest BCUT2D eigenvalue weighted by Crippen LogP contribution is -2.09. The van der Waals surface area contributed by atoms with Crippen LogP contribution in [0.5, 0.6) is 5.88 Å². The predicted molar refractivity (Wildman–Crippen MR) is 111 cm³/mol. The minimum absolute atomic E-state index is 0.162. The lowest BCUT2D eigenvalue weighted by atomic mass is 10.1. The van der Waals surface area contributed by atoms with Gasteiger partial charge in [-0.05, 0) is 23.3 Å². The zero-order chi connectivity index (χ0) is 20.9. The van der Waals surface area contributed by atoms with Crippen molar-refractivity contribution in [2.45, 2.75) is 13.2 Å². The molecule has 0 spiro atoms. The second kappa shape index (κ2) is 8.39. The number of rotatable bonds is 7. The Morgan fingerprint density at radius 1 is 1.07 bits per heavy atom. The second-order valence-corrected chi connectivity index (χ2v) is 6.51. The Morgan fingerprint density at radius 3 is 2.70 bits per heavy atom. The summed E-state index contributed by atoms with van der Waals surface area (Å²) >= 11 is 0. The van der Waals surface area contributed by atoms with Gasteiger partial charge in [-0.2, -0.15) is 0 Å². The summed E-state index contributed by atoms with van der Waals surface area (Å²) in [6.07, 6.45) is 2.88. The van der Waals surface area contributed by atoms with E-state index in [1.165, 1.54) is 18.5 Å². The smallest absolute Gasteiger partial charge is 0.293 e. The molecule has 0 saturated carbocycles. The highest BCUT2D eigenvalue weighted by atomic mass is 16.6. The van der Waals surface area contributed by atoms with Gasteiger partial charge in [0, 0.05) is 24.9 Å². The maximum absolute atomic E-state index is 11.9. The van der Waals surface area contributed by atoms with Crippen LogP contribution in [0, 0.1) is 10.1 Å². The summed E-state index contributed by atoms with van der Waals surface area (Å²) in [7, 11) is 0. The van der Waals surface area contributed by atoms with Crippen LogP contribution in [-0.4, -0.2) is 19.9 Å². The highest BCUT2D eigenvalue weighted by molar-refractivity contribution is 5.86. The largest absolute Gasteiger partial charge is 0.473 e. The fraction of sp³-hybridized carbons (Fsp3) is 0.0952. The van der Waals surface area contributed by atoms with Crippen molar-refractivity contribution in [3.63, 3.8) is 0 Å². The van der Waals surface area contributed by atoms with E-state index in [2.05, 4.69) is 20.3 Å². The molecule has 0 amide bonds. The molecule has 2 N–H and O–H groups in total. The zero-order valence-corrected chi connectivity index (χ0v) is 15.7. The number of aromatic amines is 1. The van der Waals surface area contributed by atoms with Crippen LogP contribution in [0.1, 0.15) is 11.1 Å². The zero-order valence-electron chi connectivity index (χ0n) is 15.7. The predicted octanol–water partition coefficient (Wildman–Crippen LogP) is 3.42. The summed E-state index contributed by atoms with van der Waals surface area (Å²) in [6.45, 7) is 0.695. The number of H-pyrrole nitrogens is 1. The number of nitrogens with one attached hydrogen (secondary N) is 2. The van der Waals surface area contributed by atoms with Crippen molar-refractivity contribution in [3.05, 3.63) is 98.7 Å². The van der Waals surface area contributed by atoms with Crippen LogP contribution < -0.4 is 15.6 Å². The molecule has 150 valence electrons. The number of hydrogen-bond acceptors (Lipinski definition) is 7. The van der Waals surface area contributed by atoms with E-state index in [1.54, 1.807) is 18.3 Å². The number of pyridine rings is 1. The Morgan fingerprint density at radius 2 is 1.90 bits per heavy atom. The average Bonchev–Trinajstić information content (AvgIpc) is 2.77. The normalized spacial score (nSPS) is 10.7. The molecule has 0 bridgehead atoms. The molecule has 0 aliphatic carbocycles. The number of hydrogen-bond donors (Lipinski definition) is 2. The fourth-order valence-electron chi connectivity index (χ4n) is 2.96. The molecule has 0 fully saturated rings. The third kappa shape index (κ3) is 4.25. The molecule has 0 atom stereocenters. The summed E-state index contributed by atoms with van der Waals surface area (Å²) < 4.78 is 5.72. The Labute approximate surface area is 170 Å². The van der Waals surface area contributed by atoms with Crippen LogP contribution in [0.2, 0.25) is 0 Å². The van der Waals surface area contributed by atoms with E-state index in [4.69, 9.17) is 4.74 Å². The number of aromatic nitrogens is 3. The molecule has 4 rings (SSSR count). The van der Waals surface area contributed by atoms with Crippen molar-refractivity contribution < 1.29 is 9.66 Å². The molecule has 2 aromatic carbocycles. The van der Waals surface area contributed by atoms with E-state index >= 15 is 0 Å². The van der Waals surface area contributed by atoms with Crippen LogP contribution >= 0.6 is 0 Å². The van der Waals surface area contributed by atoms with Gasteiger partial charge in [0.25, 0.3) is 11.2 Å². The van der Waals surface area contributed by atoms with Gasteiger partial charge in [0.2, 0.25) is 5.88 Å². The molecule has 0 aliphatic rings. The van der Waals surface area contributed by atoms with Gasteiger partial charge < -0.3 is 15.0 Å². The van der Waals surface area contributed by atoms with Gasteiger partial charge >= 0.3 is 0 Å². The first kappa shape index (κ1) is 19.1. The maximum atomic E-state index is 11.9. The SMILES string of the molecule is O=c1[nH]cnc2cc(NCc3ccnc(OCc4ccccc4)c3)c([N+](=O)[O-])cc12. The number of nitrogens with zero attached hydrogens (tertiary/aromatic N) is 3. The maximum Gasteiger partial charge on any atom is 0.293 e. The van der Waals surface area contributed by atoms with Crippen molar-refractivity contribution in [2.24, 2.45) is 0 Å². The highest BCUT2D eigenvalue weighted by Gasteiger charge is 2.17. The third-order valence-electron chi connectivity index (χ3n) is 4.47. The van der Waals surface area contributed by atoms with Gasteiger partial charge in [-0.1, -0.05) is 30.3 Å². The molecule has 4 aromatic rings. The van der Waals surface area contributed by atoms with E-state index in [0.29, 0.717) is 24.5 Å². The van der Waals surface area contributed by atoms with Gasteiger partial charge in [0.15, 0.2) is 0 Å². The lowest BCUT2D eigenvalue weighted by molar-refractivity contribution is -0.383. The Hall–Kier alpha value is -4.27. The number of anilines is 1. The number of nitro groups is 1. The molecule has 9 nitrogen and oxygen atoms in total. The minimum atomic E-state index is -0.533. The molecular formula is C21H17N5O4. The molecule has 30 heavy (non-hydrogen) atoms. The highest BCUT2D eigenvalue weighted by Crippen LogP contribution is 2.28. The quantitative estimate of drug-likeness (QED) is 0.358. The average molecular weight is 403 g/mol. The Kier molecular flexibility index (Phi) is 5.33. The van der Waals surface area contributed by atoms with Crippen molar-refractivity contribution in [1.82, 2.24) is 15.0 Å². The topological polar surface area (TPSA) is 123 Å². The number of nitro benzene ring substituents is 1. The van der Waals surface area contributed by atoms with E-state index in [1.807, 2.05) is 30.3 Å². The lowest BCUT2D eigenvalue weighted by Gasteiger charge is -2.10. The van der Waals surface area contributed by atoms with Crippen LogP contribution in [0.25, 0.3) is 10.9 Å². The van der Waals surface area contributed by atoms with Crippen LogP contribution in [0.15, 0.2) is 71.9 Å². The molecule has 0 radical (unpaired) electrons. The van der Waals surface area contributed by atoms with Gasteiger partial charge in [-0.25, -0.2) is 9.97 Å². The van der Waals surface area contributed by atoms with Crippen molar-refractivity contribution in [3.8, 4) is 5.88 Å². The fourth-order valence-corrected chi connectivity index (χ4v) is 2.96. The van der Waals surface area contributed by atoms with E-state index < -0.39 is 10.5 Å². The first-order valence-corrected chi connectivity index (χ1v) is 9.11. The van der Waals surface area contributed by atoms with Gasteiger partial charge in [-0.3, -0.25) is 14.9 Å². The second-order valence-electron chi connectivity index (χ2n) is 6.51. The van der Waals surface area contributed by atoms with Gasteiger partial charge in [0.05, 0.1) is 22.2 Å². The van der Waals surface area contributed by atoms with Crippen molar-refractivity contribution in [2.75, 3.05) is 5.32 Å². The summed E-state index contributed by atoms with van der Waals surface area (Å²) in [5.74, 6) is 0.458. The summed E-state index contributed by atoms with van der Waals surface area (Å²) in [6, 6.07) is 16.0. The number of benzene rings is 2. The van der Waals surface area contributed by atoms with Crippen molar-refractivity contribution in [1.29, 1.82) is 0 Å². The summed E-state index contributed by atoms with van der Waals surface area (Å²) in [5, 5.41) is 14.7. The minimum Gasteiger partial charge on any atom is -0.473 e. The molecule has 0 saturated heterocycles. The molecule has 9 heteroatoms. The van der Waals surface area contributed by atoms with E-state index in [-0.39, 0.29) is 16.8 Å². The third-order valence-corrected chi connectivity index (χ3v) is 4.47. The van der Waals surface area contributed by atoms with Crippen LogP contribution in [-0.2, 0) is 13.2 Å². The molecule has 2 heterocycles. The first-order chi connectivity index (χ1) is 14.6. The molecular weight excluding hydrogens is 386 g/mol. The van der Waals surface area contributed by atoms with E-state index in [9.17, 15) is 14.9 Å². The number of fused-ring (bicyclic) bond motifs is 1. The van der Waals surface area contributed by atoms with E-state index in [0.717, 1.165) is 11.1 Å². The summed E-state index contributed by atoms with van der Waals surface area (Å²) in [5.41, 5.74) is 1.88. The molecule has 0 aliphatic heterocycles. The summed E-state index contributed by atoms with van der Waals surface area (Å²) in [4.78, 5) is 33.5. The van der Waals surface area contributed by atoms with Crippen LogP contribution in [0.3, 0.4) is 0 Å². The monoisotopic (exact) mass is 403 g/mol. The van der Waals surface area contributed by atoms with Gasteiger partial charge in [0.1, 0.15) is 12.3 Å².